The second kappa shape index (κ2) is 4.41. The van der Waals surface area contributed by atoms with Gasteiger partial charge in [0.05, 0.1) is 11.8 Å². The van der Waals surface area contributed by atoms with Crippen molar-refractivity contribution >= 4 is 11.8 Å². The van der Waals surface area contributed by atoms with Gasteiger partial charge in [0.15, 0.2) is 0 Å². The summed E-state index contributed by atoms with van der Waals surface area (Å²) in [4.78, 5) is 28.3. The van der Waals surface area contributed by atoms with Crippen LogP contribution >= 0.6 is 0 Å². The number of carbonyl (C=O) groups is 2. The van der Waals surface area contributed by atoms with Gasteiger partial charge in [0, 0.05) is 26.2 Å². The Hall–Kier alpha value is -1.32. The minimum absolute atomic E-state index is 0.134. The van der Waals surface area contributed by atoms with E-state index in [1.54, 1.807) is 0 Å². The van der Waals surface area contributed by atoms with E-state index in [0.29, 0.717) is 0 Å². The van der Waals surface area contributed by atoms with Gasteiger partial charge in [-0.25, -0.2) is 0 Å². The molecule has 2 saturated heterocycles. The van der Waals surface area contributed by atoms with Crippen molar-refractivity contribution in [2.45, 2.75) is 25.7 Å². The first-order valence-electron chi connectivity index (χ1n) is 6.96. The number of carbonyl (C=O) groups excluding carboxylic acids is 2. The number of hydrogen-bond acceptors (Lipinski definition) is 2. The van der Waals surface area contributed by atoms with E-state index in [1.807, 2.05) is 9.80 Å². The van der Waals surface area contributed by atoms with E-state index in [2.05, 4.69) is 6.58 Å². The van der Waals surface area contributed by atoms with Crippen LogP contribution in [0.5, 0.6) is 0 Å². The van der Waals surface area contributed by atoms with Crippen LogP contribution in [0.25, 0.3) is 0 Å². The molecule has 2 atom stereocenters. The lowest BCUT2D eigenvalue weighted by atomic mass is 10.2. The van der Waals surface area contributed by atoms with Crippen molar-refractivity contribution in [1.29, 1.82) is 0 Å². The maximum absolute atomic E-state index is 12.2. The van der Waals surface area contributed by atoms with Crippen LogP contribution in [-0.2, 0) is 9.59 Å². The number of nitrogens with zero attached hydrogens (tertiary/aromatic N) is 2. The molecule has 3 rings (SSSR count). The Morgan fingerprint density at radius 3 is 1.50 bits per heavy atom. The summed E-state index contributed by atoms with van der Waals surface area (Å²) in [7, 11) is 0. The van der Waals surface area contributed by atoms with Crippen molar-refractivity contribution in [2.75, 3.05) is 26.2 Å². The first-order valence-corrected chi connectivity index (χ1v) is 6.96. The monoisotopic (exact) mass is 248 g/mol. The fourth-order valence-electron chi connectivity index (χ4n) is 3.19. The SMILES string of the molecule is C=C1[C@H](C(=O)N2CCCC2)[C@@H]1C(=O)N1CCCC1. The summed E-state index contributed by atoms with van der Waals surface area (Å²) in [5, 5.41) is 0. The average Bonchev–Trinajstić information content (AvgIpc) is 2.90. The molecule has 1 aliphatic carbocycles. The van der Waals surface area contributed by atoms with E-state index < -0.39 is 0 Å². The Bertz CT molecular complexity index is 357. The number of rotatable bonds is 2. The molecule has 0 aromatic heterocycles. The highest BCUT2D eigenvalue weighted by atomic mass is 16.2. The third-order valence-corrected chi connectivity index (χ3v) is 4.39. The van der Waals surface area contributed by atoms with Gasteiger partial charge >= 0.3 is 0 Å². The van der Waals surface area contributed by atoms with Crippen molar-refractivity contribution in [3.8, 4) is 0 Å². The maximum Gasteiger partial charge on any atom is 0.230 e. The van der Waals surface area contributed by atoms with E-state index in [0.717, 1.165) is 57.4 Å². The molecular weight excluding hydrogens is 228 g/mol. The Kier molecular flexibility index (Phi) is 2.88. The third-order valence-electron chi connectivity index (χ3n) is 4.39. The molecule has 1 saturated carbocycles. The lowest BCUT2D eigenvalue weighted by Crippen LogP contribution is -2.33. The Morgan fingerprint density at radius 2 is 1.17 bits per heavy atom. The zero-order chi connectivity index (χ0) is 12.7. The topological polar surface area (TPSA) is 40.6 Å². The van der Waals surface area contributed by atoms with Gasteiger partial charge in [0.25, 0.3) is 0 Å². The molecule has 18 heavy (non-hydrogen) atoms. The summed E-state index contributed by atoms with van der Waals surface area (Å²) < 4.78 is 0. The van der Waals surface area contributed by atoms with E-state index >= 15 is 0 Å². The molecule has 3 fully saturated rings. The first-order chi connectivity index (χ1) is 8.70. The summed E-state index contributed by atoms with van der Waals surface area (Å²) in [6.45, 7) is 7.34. The summed E-state index contributed by atoms with van der Waals surface area (Å²) in [5.74, 6) is -0.155. The molecule has 0 spiro atoms. The molecule has 0 aromatic carbocycles. The van der Waals surface area contributed by atoms with Crippen LogP contribution in [0.4, 0.5) is 0 Å². The zero-order valence-electron chi connectivity index (χ0n) is 10.7. The van der Waals surface area contributed by atoms with Crippen molar-refractivity contribution in [1.82, 2.24) is 9.80 Å². The normalized spacial score (nSPS) is 31.0. The predicted molar refractivity (Wildman–Crippen MR) is 67.7 cm³/mol. The van der Waals surface area contributed by atoms with Gasteiger partial charge in [-0.1, -0.05) is 12.2 Å². The van der Waals surface area contributed by atoms with Gasteiger partial charge in [-0.05, 0) is 25.7 Å². The average molecular weight is 248 g/mol. The van der Waals surface area contributed by atoms with Crippen molar-refractivity contribution < 1.29 is 9.59 Å². The lowest BCUT2D eigenvalue weighted by Gasteiger charge is -2.17. The Labute approximate surface area is 108 Å². The van der Waals surface area contributed by atoms with E-state index in [9.17, 15) is 9.59 Å². The molecule has 3 aliphatic rings. The van der Waals surface area contributed by atoms with E-state index in [1.165, 1.54) is 0 Å². The predicted octanol–water partition coefficient (Wildman–Crippen LogP) is 1.03. The molecule has 0 unspecified atom stereocenters. The highest BCUT2D eigenvalue weighted by molar-refractivity contribution is 5.99. The Balaban J connectivity index is 1.63. The van der Waals surface area contributed by atoms with Crippen molar-refractivity contribution in [2.24, 2.45) is 11.8 Å². The van der Waals surface area contributed by atoms with Crippen molar-refractivity contribution in [3.05, 3.63) is 12.2 Å². The minimum atomic E-state index is -0.212. The fraction of sp³-hybridized carbons (Fsp3) is 0.714. The number of hydrogen-bond donors (Lipinski definition) is 0. The molecule has 4 heteroatoms. The molecule has 2 heterocycles. The van der Waals surface area contributed by atoms with Crippen LogP contribution in [0.15, 0.2) is 12.2 Å². The minimum Gasteiger partial charge on any atom is -0.342 e. The van der Waals surface area contributed by atoms with Gasteiger partial charge in [-0.3, -0.25) is 9.59 Å². The second-order valence-electron chi connectivity index (χ2n) is 5.60. The quantitative estimate of drug-likeness (QED) is 0.685. The molecule has 0 bridgehead atoms. The fourth-order valence-corrected chi connectivity index (χ4v) is 3.19. The summed E-state index contributed by atoms with van der Waals surface area (Å²) in [5.41, 5.74) is 0.837. The Morgan fingerprint density at radius 1 is 0.833 bits per heavy atom. The molecule has 98 valence electrons. The highest BCUT2D eigenvalue weighted by Gasteiger charge is 2.55. The third kappa shape index (κ3) is 1.84. The summed E-state index contributed by atoms with van der Waals surface area (Å²) >= 11 is 0. The van der Waals surface area contributed by atoms with Crippen LogP contribution < -0.4 is 0 Å². The molecular formula is C14H20N2O2. The lowest BCUT2D eigenvalue weighted by molar-refractivity contribution is -0.136. The first kappa shape index (κ1) is 11.8. The molecule has 2 aliphatic heterocycles. The molecule has 0 radical (unpaired) electrons. The standard InChI is InChI=1S/C14H20N2O2/c1-10-11(13(17)15-6-2-3-7-15)12(10)14(18)16-8-4-5-9-16/h11-12H,1-9H2/t11-,12+. The van der Waals surface area contributed by atoms with Crippen molar-refractivity contribution in [3.63, 3.8) is 0 Å². The van der Waals surface area contributed by atoms with Crippen LogP contribution in [0.1, 0.15) is 25.7 Å². The molecule has 0 N–H and O–H groups in total. The van der Waals surface area contributed by atoms with E-state index in [4.69, 9.17) is 0 Å². The van der Waals surface area contributed by atoms with Gasteiger partial charge in [0.1, 0.15) is 0 Å². The van der Waals surface area contributed by atoms with Crippen LogP contribution in [-0.4, -0.2) is 47.8 Å². The maximum atomic E-state index is 12.2. The van der Waals surface area contributed by atoms with Crippen LogP contribution in [0.2, 0.25) is 0 Å². The zero-order valence-corrected chi connectivity index (χ0v) is 10.7. The van der Waals surface area contributed by atoms with E-state index in [-0.39, 0.29) is 23.7 Å². The molecule has 4 nitrogen and oxygen atoms in total. The van der Waals surface area contributed by atoms with Crippen LogP contribution in [0.3, 0.4) is 0 Å². The number of likely N-dealkylation sites (tertiary alicyclic amines) is 2. The van der Waals surface area contributed by atoms with Crippen LogP contribution in [0, 0.1) is 11.8 Å². The van der Waals surface area contributed by atoms with Gasteiger partial charge in [-0.2, -0.15) is 0 Å². The number of amides is 2. The molecule has 0 aromatic rings. The van der Waals surface area contributed by atoms with Gasteiger partial charge < -0.3 is 9.80 Å². The largest absolute Gasteiger partial charge is 0.342 e. The second-order valence-corrected chi connectivity index (χ2v) is 5.60. The summed E-state index contributed by atoms with van der Waals surface area (Å²) in [6, 6.07) is 0. The highest BCUT2D eigenvalue weighted by Crippen LogP contribution is 2.47. The van der Waals surface area contributed by atoms with Gasteiger partial charge in [-0.15, -0.1) is 0 Å². The summed E-state index contributed by atoms with van der Waals surface area (Å²) in [6.07, 6.45) is 4.37. The smallest absolute Gasteiger partial charge is 0.230 e. The van der Waals surface area contributed by atoms with Gasteiger partial charge in [0.2, 0.25) is 11.8 Å². The molecule has 2 amide bonds.